The number of hydrogen-bond acceptors (Lipinski definition) is 5. The monoisotopic (exact) mass is 405 g/mol. The van der Waals surface area contributed by atoms with E-state index in [2.05, 4.69) is 21.0 Å². The Morgan fingerprint density at radius 3 is 2.84 bits per heavy atom. The van der Waals surface area contributed by atoms with Gasteiger partial charge in [0, 0.05) is 40.5 Å². The Kier molecular flexibility index (Phi) is 4.31. The Hall–Kier alpha value is -4.70. The summed E-state index contributed by atoms with van der Waals surface area (Å²) < 4.78 is 5.43. The molecule has 7 nitrogen and oxygen atoms in total. The molecule has 1 amide bonds. The molecule has 5 aromatic rings. The molecular weight excluding hydrogens is 390 g/mol. The summed E-state index contributed by atoms with van der Waals surface area (Å²) in [5.41, 5.74) is 11.0. The molecule has 0 aliphatic heterocycles. The minimum absolute atomic E-state index is 0.0968. The summed E-state index contributed by atoms with van der Waals surface area (Å²) in [5.74, 6) is -0.754. The number of nitrogens with one attached hydrogen (secondary N) is 1. The number of furan rings is 1. The SMILES string of the molecule is N#C/C(=C\c1cccc(-c2cnc3[nH]cc(-c4ccnc5occc45)c3c2)c1)C(N)=O. The lowest BCUT2D eigenvalue weighted by Gasteiger charge is -2.05. The van der Waals surface area contributed by atoms with E-state index in [0.717, 1.165) is 38.7 Å². The van der Waals surface area contributed by atoms with E-state index in [0.29, 0.717) is 11.3 Å². The van der Waals surface area contributed by atoms with E-state index < -0.39 is 5.91 Å². The zero-order chi connectivity index (χ0) is 21.4. The number of carbonyl (C=O) groups excluding carboxylic acids is 1. The Bertz CT molecular complexity index is 1530. The van der Waals surface area contributed by atoms with Crippen molar-refractivity contribution in [2.24, 2.45) is 5.73 Å². The fraction of sp³-hybridized carbons (Fsp3) is 0. The maximum Gasteiger partial charge on any atom is 0.259 e. The van der Waals surface area contributed by atoms with Crippen LogP contribution in [-0.4, -0.2) is 20.9 Å². The molecule has 0 aliphatic rings. The summed E-state index contributed by atoms with van der Waals surface area (Å²) in [6, 6.07) is 15.2. The first-order valence-corrected chi connectivity index (χ1v) is 9.46. The number of amides is 1. The highest BCUT2D eigenvalue weighted by molar-refractivity contribution is 6.03. The number of rotatable bonds is 4. The van der Waals surface area contributed by atoms with E-state index in [-0.39, 0.29) is 5.57 Å². The molecule has 7 heteroatoms. The van der Waals surface area contributed by atoms with Crippen molar-refractivity contribution in [3.63, 3.8) is 0 Å². The van der Waals surface area contributed by atoms with Crippen molar-refractivity contribution in [1.82, 2.24) is 15.0 Å². The molecule has 0 aliphatic carbocycles. The zero-order valence-corrected chi connectivity index (χ0v) is 16.2. The summed E-state index contributed by atoms with van der Waals surface area (Å²) >= 11 is 0. The summed E-state index contributed by atoms with van der Waals surface area (Å²) in [6.07, 6.45) is 8.53. The molecule has 0 saturated heterocycles. The number of benzene rings is 1. The fourth-order valence-corrected chi connectivity index (χ4v) is 3.63. The van der Waals surface area contributed by atoms with Gasteiger partial charge in [-0.3, -0.25) is 4.79 Å². The van der Waals surface area contributed by atoms with Crippen LogP contribution in [0.15, 0.2) is 77.3 Å². The molecule has 148 valence electrons. The average Bonchev–Trinajstić information content (AvgIpc) is 3.44. The number of nitriles is 1. The quantitative estimate of drug-likeness (QED) is 0.338. The number of nitrogens with two attached hydrogens (primary N) is 1. The van der Waals surface area contributed by atoms with Crippen LogP contribution in [0.3, 0.4) is 0 Å². The van der Waals surface area contributed by atoms with Crippen molar-refractivity contribution < 1.29 is 9.21 Å². The Morgan fingerprint density at radius 2 is 2.00 bits per heavy atom. The summed E-state index contributed by atoms with van der Waals surface area (Å²) in [7, 11) is 0. The molecule has 0 radical (unpaired) electrons. The normalized spacial score (nSPS) is 11.6. The van der Waals surface area contributed by atoms with Gasteiger partial charge < -0.3 is 15.1 Å². The van der Waals surface area contributed by atoms with Gasteiger partial charge in [-0.1, -0.05) is 18.2 Å². The third-order valence-corrected chi connectivity index (χ3v) is 5.11. The van der Waals surface area contributed by atoms with E-state index in [4.69, 9.17) is 15.4 Å². The lowest BCUT2D eigenvalue weighted by molar-refractivity contribution is -0.114. The first-order valence-electron chi connectivity index (χ1n) is 9.46. The van der Waals surface area contributed by atoms with Gasteiger partial charge in [0.15, 0.2) is 0 Å². The Labute approximate surface area is 176 Å². The van der Waals surface area contributed by atoms with Crippen LogP contribution in [0.4, 0.5) is 0 Å². The first-order chi connectivity index (χ1) is 15.1. The molecule has 0 bridgehead atoms. The molecular formula is C24H15N5O2. The molecule has 0 saturated carbocycles. The molecule has 4 aromatic heterocycles. The lowest BCUT2D eigenvalue weighted by atomic mass is 10.00. The third-order valence-electron chi connectivity index (χ3n) is 5.11. The number of carbonyl (C=O) groups is 1. The summed E-state index contributed by atoms with van der Waals surface area (Å²) in [5, 5.41) is 11.0. The van der Waals surface area contributed by atoms with Crippen molar-refractivity contribution >= 4 is 34.1 Å². The average molecular weight is 405 g/mol. The van der Waals surface area contributed by atoms with Crippen molar-refractivity contribution in [1.29, 1.82) is 5.26 Å². The second kappa shape index (κ2) is 7.28. The van der Waals surface area contributed by atoms with Crippen LogP contribution in [0, 0.1) is 11.3 Å². The van der Waals surface area contributed by atoms with Crippen molar-refractivity contribution in [2.45, 2.75) is 0 Å². The number of H-pyrrole nitrogens is 1. The number of fused-ring (bicyclic) bond motifs is 2. The molecule has 5 rings (SSSR count). The molecule has 3 N–H and O–H groups in total. The van der Waals surface area contributed by atoms with Gasteiger partial charge in [-0.05, 0) is 47.0 Å². The second-order valence-corrected chi connectivity index (χ2v) is 6.98. The van der Waals surface area contributed by atoms with Crippen LogP contribution in [0.1, 0.15) is 5.56 Å². The predicted molar refractivity (Wildman–Crippen MR) is 117 cm³/mol. The Balaban J connectivity index is 1.63. The first kappa shape index (κ1) is 18.3. The molecule has 4 heterocycles. The van der Waals surface area contributed by atoms with Gasteiger partial charge in [-0.25, -0.2) is 9.97 Å². The molecule has 0 fully saturated rings. The van der Waals surface area contributed by atoms with Crippen LogP contribution in [-0.2, 0) is 4.79 Å². The smallest absolute Gasteiger partial charge is 0.259 e. The zero-order valence-electron chi connectivity index (χ0n) is 16.2. The van der Waals surface area contributed by atoms with Crippen molar-refractivity contribution in [3.05, 3.63) is 78.5 Å². The fourth-order valence-electron chi connectivity index (χ4n) is 3.63. The van der Waals surface area contributed by atoms with Crippen molar-refractivity contribution in [2.75, 3.05) is 0 Å². The van der Waals surface area contributed by atoms with E-state index in [1.54, 1.807) is 18.7 Å². The van der Waals surface area contributed by atoms with Crippen molar-refractivity contribution in [3.8, 4) is 28.3 Å². The highest BCUT2D eigenvalue weighted by Gasteiger charge is 2.13. The van der Waals surface area contributed by atoms with Gasteiger partial charge in [-0.15, -0.1) is 0 Å². The number of primary amides is 1. The van der Waals surface area contributed by atoms with Crippen LogP contribution in [0.25, 0.3) is 50.5 Å². The summed E-state index contributed by atoms with van der Waals surface area (Å²) in [4.78, 5) is 23.4. The largest absolute Gasteiger partial charge is 0.446 e. The van der Waals surface area contributed by atoms with E-state index >= 15 is 0 Å². The van der Waals surface area contributed by atoms with Gasteiger partial charge in [0.1, 0.15) is 17.3 Å². The van der Waals surface area contributed by atoms with E-state index in [1.165, 1.54) is 6.08 Å². The summed E-state index contributed by atoms with van der Waals surface area (Å²) in [6.45, 7) is 0. The highest BCUT2D eigenvalue weighted by Crippen LogP contribution is 2.35. The van der Waals surface area contributed by atoms with Crippen LogP contribution >= 0.6 is 0 Å². The lowest BCUT2D eigenvalue weighted by Crippen LogP contribution is -2.12. The number of nitrogens with zero attached hydrogens (tertiary/aromatic N) is 3. The van der Waals surface area contributed by atoms with E-state index in [1.807, 2.05) is 48.7 Å². The molecule has 0 unspecified atom stereocenters. The second-order valence-electron chi connectivity index (χ2n) is 6.98. The topological polar surface area (TPSA) is 122 Å². The maximum absolute atomic E-state index is 11.4. The minimum Gasteiger partial charge on any atom is -0.446 e. The van der Waals surface area contributed by atoms with Crippen LogP contribution in [0.2, 0.25) is 0 Å². The van der Waals surface area contributed by atoms with E-state index in [9.17, 15) is 4.79 Å². The van der Waals surface area contributed by atoms with Gasteiger partial charge in [-0.2, -0.15) is 5.26 Å². The maximum atomic E-state index is 11.4. The highest BCUT2D eigenvalue weighted by atomic mass is 16.3. The molecule has 1 aromatic carbocycles. The van der Waals surface area contributed by atoms with Gasteiger partial charge in [0.25, 0.3) is 5.91 Å². The van der Waals surface area contributed by atoms with Gasteiger partial charge >= 0.3 is 0 Å². The standard InChI is InChI=1S/C24H15N5O2/c25-11-16(22(26)30)9-14-2-1-3-15(8-14)17-10-20-21(13-29-23(20)28-12-17)18-4-6-27-24-19(18)5-7-31-24/h1-10,12-13H,(H2,26,30)(H,28,29)/b16-9+. The predicted octanol–water partition coefficient (Wildman–Crippen LogP) is 4.43. The van der Waals surface area contributed by atoms with Crippen LogP contribution < -0.4 is 5.73 Å². The number of pyridine rings is 2. The number of aromatic amines is 1. The molecule has 0 spiro atoms. The molecule has 31 heavy (non-hydrogen) atoms. The van der Waals surface area contributed by atoms with Crippen LogP contribution in [0.5, 0.6) is 0 Å². The minimum atomic E-state index is -0.754. The third kappa shape index (κ3) is 3.22. The number of hydrogen-bond donors (Lipinski definition) is 2. The number of aromatic nitrogens is 3. The van der Waals surface area contributed by atoms with Gasteiger partial charge in [0.05, 0.1) is 6.26 Å². The van der Waals surface area contributed by atoms with Gasteiger partial charge in [0.2, 0.25) is 5.71 Å². The Morgan fingerprint density at radius 1 is 1.10 bits per heavy atom. The molecule has 0 atom stereocenters.